The molecule has 1 heterocycles. The first kappa shape index (κ1) is 14.3. The van der Waals surface area contributed by atoms with Crippen molar-refractivity contribution in [3.63, 3.8) is 0 Å². The Bertz CT molecular complexity index is 748. The number of hydrogen-bond acceptors (Lipinski definition) is 5. The van der Waals surface area contributed by atoms with Crippen molar-refractivity contribution in [2.45, 2.75) is 31.6 Å². The first-order valence-electron chi connectivity index (χ1n) is 7.75. The van der Waals surface area contributed by atoms with Gasteiger partial charge in [0.15, 0.2) is 0 Å². The Labute approximate surface area is 137 Å². The van der Waals surface area contributed by atoms with E-state index < -0.39 is 0 Å². The molecule has 118 valence electrons. The summed E-state index contributed by atoms with van der Waals surface area (Å²) in [6.07, 6.45) is 4.27. The molecule has 2 aliphatic rings. The molecule has 0 unspecified atom stereocenters. The molecule has 4 rings (SSSR count). The zero-order valence-corrected chi connectivity index (χ0v) is 13.2. The van der Waals surface area contributed by atoms with Crippen LogP contribution in [0.25, 0.3) is 0 Å². The highest BCUT2D eigenvalue weighted by Gasteiger charge is 2.29. The molecule has 0 radical (unpaired) electrons. The Hall–Kier alpha value is -2.28. The van der Waals surface area contributed by atoms with Crippen molar-refractivity contribution in [2.75, 3.05) is 10.6 Å². The molecular weight excluding hydrogens is 312 g/mol. The summed E-state index contributed by atoms with van der Waals surface area (Å²) in [6, 6.07) is 6.87. The molecule has 2 fully saturated rings. The highest BCUT2D eigenvalue weighted by molar-refractivity contribution is 7.15. The van der Waals surface area contributed by atoms with Crippen LogP contribution in [0, 0.1) is 5.92 Å². The van der Waals surface area contributed by atoms with Gasteiger partial charge in [-0.15, -0.1) is 10.2 Å². The Morgan fingerprint density at radius 3 is 2.39 bits per heavy atom. The second-order valence-electron chi connectivity index (χ2n) is 6.01. The monoisotopic (exact) mass is 328 g/mol. The standard InChI is InChI=1S/C16H16N4O2S/c21-13(9-1-2-9)17-12-7-5-10(6-8-12)14(22)18-16-20-19-15(23-16)11-3-4-11/h5-9,11H,1-4H2,(H,17,21)(H,18,20,22). The van der Waals surface area contributed by atoms with Crippen molar-refractivity contribution in [3.8, 4) is 0 Å². The number of rotatable bonds is 5. The number of carbonyl (C=O) groups is 2. The van der Waals surface area contributed by atoms with Gasteiger partial charge in [-0.25, -0.2) is 0 Å². The van der Waals surface area contributed by atoms with Gasteiger partial charge in [-0.2, -0.15) is 0 Å². The van der Waals surface area contributed by atoms with E-state index in [-0.39, 0.29) is 17.7 Å². The van der Waals surface area contributed by atoms with Gasteiger partial charge in [0.25, 0.3) is 5.91 Å². The van der Waals surface area contributed by atoms with Gasteiger partial charge in [-0.3, -0.25) is 14.9 Å². The maximum Gasteiger partial charge on any atom is 0.257 e. The summed E-state index contributed by atoms with van der Waals surface area (Å²) in [4.78, 5) is 23.9. The van der Waals surface area contributed by atoms with Crippen molar-refractivity contribution in [3.05, 3.63) is 34.8 Å². The maximum absolute atomic E-state index is 12.2. The molecule has 7 heteroatoms. The fraction of sp³-hybridized carbons (Fsp3) is 0.375. The SMILES string of the molecule is O=C(Nc1nnc(C2CC2)s1)c1ccc(NC(=O)C2CC2)cc1. The maximum atomic E-state index is 12.2. The number of nitrogens with one attached hydrogen (secondary N) is 2. The van der Waals surface area contributed by atoms with Crippen LogP contribution in [0.3, 0.4) is 0 Å². The number of aromatic nitrogens is 2. The summed E-state index contributed by atoms with van der Waals surface area (Å²) in [6.45, 7) is 0. The Balaban J connectivity index is 1.38. The molecule has 2 amide bonds. The van der Waals surface area contributed by atoms with Crippen LogP contribution in [0.5, 0.6) is 0 Å². The second-order valence-corrected chi connectivity index (χ2v) is 7.02. The van der Waals surface area contributed by atoms with E-state index >= 15 is 0 Å². The lowest BCUT2D eigenvalue weighted by atomic mass is 10.2. The zero-order valence-electron chi connectivity index (χ0n) is 12.4. The molecule has 2 aromatic rings. The quantitative estimate of drug-likeness (QED) is 0.883. The summed E-state index contributed by atoms with van der Waals surface area (Å²) in [5.41, 5.74) is 1.24. The van der Waals surface area contributed by atoms with Gasteiger partial charge >= 0.3 is 0 Å². The molecule has 1 aromatic heterocycles. The van der Waals surface area contributed by atoms with Crippen molar-refractivity contribution in [2.24, 2.45) is 5.92 Å². The third-order valence-corrected chi connectivity index (χ3v) is 4.95. The number of carbonyl (C=O) groups excluding carboxylic acids is 2. The van der Waals surface area contributed by atoms with Gasteiger partial charge in [-0.1, -0.05) is 11.3 Å². The Morgan fingerprint density at radius 2 is 1.74 bits per heavy atom. The lowest BCUT2D eigenvalue weighted by molar-refractivity contribution is -0.117. The molecule has 0 atom stereocenters. The molecule has 2 saturated carbocycles. The molecule has 0 saturated heterocycles. The molecule has 2 N–H and O–H groups in total. The first-order chi connectivity index (χ1) is 11.2. The molecular formula is C16H16N4O2S. The predicted octanol–water partition coefficient (Wildman–Crippen LogP) is 3.02. The Kier molecular flexibility index (Phi) is 3.57. The molecule has 6 nitrogen and oxygen atoms in total. The van der Waals surface area contributed by atoms with Crippen LogP contribution in [0.2, 0.25) is 0 Å². The van der Waals surface area contributed by atoms with Crippen LogP contribution in [0.1, 0.15) is 47.0 Å². The zero-order chi connectivity index (χ0) is 15.8. The van der Waals surface area contributed by atoms with Crippen LogP contribution in [-0.4, -0.2) is 22.0 Å². The summed E-state index contributed by atoms with van der Waals surface area (Å²) < 4.78 is 0. The third kappa shape index (κ3) is 3.39. The van der Waals surface area contributed by atoms with Crippen LogP contribution >= 0.6 is 11.3 Å². The third-order valence-electron chi connectivity index (χ3n) is 3.95. The second kappa shape index (κ2) is 5.73. The van der Waals surface area contributed by atoms with Crippen molar-refractivity contribution in [1.29, 1.82) is 0 Å². The van der Waals surface area contributed by atoms with E-state index in [9.17, 15) is 9.59 Å². The number of nitrogens with zero attached hydrogens (tertiary/aromatic N) is 2. The van der Waals surface area contributed by atoms with E-state index in [1.165, 1.54) is 11.3 Å². The fourth-order valence-electron chi connectivity index (χ4n) is 2.24. The van der Waals surface area contributed by atoms with Crippen LogP contribution in [-0.2, 0) is 4.79 Å². The lowest BCUT2D eigenvalue weighted by Gasteiger charge is -2.05. The van der Waals surface area contributed by atoms with Gasteiger partial charge in [0.1, 0.15) is 5.01 Å². The normalized spacial score (nSPS) is 16.9. The number of amides is 2. The minimum atomic E-state index is -0.219. The minimum absolute atomic E-state index is 0.0590. The molecule has 2 aliphatic carbocycles. The van der Waals surface area contributed by atoms with Crippen molar-refractivity contribution >= 4 is 34.0 Å². The minimum Gasteiger partial charge on any atom is -0.326 e. The average Bonchev–Trinajstić information content (AvgIpc) is 3.46. The average molecular weight is 328 g/mol. The fourth-order valence-corrected chi connectivity index (χ4v) is 3.15. The van der Waals surface area contributed by atoms with Gasteiger partial charge < -0.3 is 5.32 Å². The van der Waals surface area contributed by atoms with Crippen molar-refractivity contribution < 1.29 is 9.59 Å². The van der Waals surface area contributed by atoms with E-state index in [1.807, 2.05) is 0 Å². The van der Waals surface area contributed by atoms with E-state index in [1.54, 1.807) is 24.3 Å². The Morgan fingerprint density at radius 1 is 1.00 bits per heavy atom. The number of hydrogen-bond donors (Lipinski definition) is 2. The molecule has 0 bridgehead atoms. The van der Waals surface area contributed by atoms with E-state index in [4.69, 9.17) is 0 Å². The number of anilines is 2. The predicted molar refractivity (Wildman–Crippen MR) is 87.6 cm³/mol. The first-order valence-corrected chi connectivity index (χ1v) is 8.56. The van der Waals surface area contributed by atoms with Gasteiger partial charge in [0.2, 0.25) is 11.0 Å². The molecule has 0 spiro atoms. The van der Waals surface area contributed by atoms with Crippen LogP contribution < -0.4 is 10.6 Å². The van der Waals surface area contributed by atoms with Gasteiger partial charge in [0.05, 0.1) is 0 Å². The lowest BCUT2D eigenvalue weighted by Crippen LogP contribution is -2.14. The topological polar surface area (TPSA) is 84.0 Å². The van der Waals surface area contributed by atoms with Gasteiger partial charge in [-0.05, 0) is 49.9 Å². The molecule has 23 heavy (non-hydrogen) atoms. The van der Waals surface area contributed by atoms with Crippen molar-refractivity contribution in [1.82, 2.24) is 10.2 Å². The summed E-state index contributed by atoms with van der Waals surface area (Å²) >= 11 is 1.44. The van der Waals surface area contributed by atoms with E-state index in [2.05, 4.69) is 20.8 Å². The van der Waals surface area contributed by atoms with Crippen LogP contribution in [0.15, 0.2) is 24.3 Å². The van der Waals surface area contributed by atoms with E-state index in [0.717, 1.165) is 30.7 Å². The van der Waals surface area contributed by atoms with E-state index in [0.29, 0.717) is 22.3 Å². The highest BCUT2D eigenvalue weighted by atomic mass is 32.1. The number of benzene rings is 1. The van der Waals surface area contributed by atoms with Crippen LogP contribution in [0.4, 0.5) is 10.8 Å². The molecule has 1 aromatic carbocycles. The molecule has 0 aliphatic heterocycles. The summed E-state index contributed by atoms with van der Waals surface area (Å²) in [5.74, 6) is 0.538. The smallest absolute Gasteiger partial charge is 0.257 e. The highest BCUT2D eigenvalue weighted by Crippen LogP contribution is 2.42. The van der Waals surface area contributed by atoms with Gasteiger partial charge in [0, 0.05) is 23.1 Å². The largest absolute Gasteiger partial charge is 0.326 e. The summed E-state index contributed by atoms with van der Waals surface area (Å²) in [5, 5.41) is 15.3. The summed E-state index contributed by atoms with van der Waals surface area (Å²) in [7, 11) is 0.